The van der Waals surface area contributed by atoms with E-state index < -0.39 is 21.5 Å². The summed E-state index contributed by atoms with van der Waals surface area (Å²) in [6.45, 7) is 0. The maximum absolute atomic E-state index is 12.3. The molecule has 2 N–H and O–H groups in total. The lowest BCUT2D eigenvalue weighted by molar-refractivity contribution is -0.144. The van der Waals surface area contributed by atoms with Crippen molar-refractivity contribution in [3.8, 4) is 0 Å². The Morgan fingerprint density at radius 1 is 1.35 bits per heavy atom. The minimum atomic E-state index is -3.87. The molecule has 1 aliphatic carbocycles. The van der Waals surface area contributed by atoms with Crippen LogP contribution >= 0.6 is 0 Å². The Morgan fingerprint density at radius 2 is 1.95 bits per heavy atom. The van der Waals surface area contributed by atoms with Gasteiger partial charge in [0.05, 0.1) is 6.20 Å². The first-order valence-electron chi connectivity index (χ1n) is 6.62. The number of carbonyl (C=O) groups is 1. The van der Waals surface area contributed by atoms with Crippen LogP contribution in [0.25, 0.3) is 0 Å². The molecule has 0 aliphatic heterocycles. The van der Waals surface area contributed by atoms with Gasteiger partial charge in [-0.3, -0.25) is 9.48 Å². The molecule has 0 aromatic carbocycles. The molecule has 0 radical (unpaired) electrons. The van der Waals surface area contributed by atoms with E-state index in [4.69, 9.17) is 0 Å². The van der Waals surface area contributed by atoms with Crippen LogP contribution in [-0.2, 0) is 21.9 Å². The van der Waals surface area contributed by atoms with Crippen LogP contribution in [0.2, 0.25) is 0 Å². The van der Waals surface area contributed by atoms with Gasteiger partial charge < -0.3 is 5.11 Å². The van der Waals surface area contributed by atoms with E-state index in [0.717, 1.165) is 12.8 Å². The molecule has 1 aliphatic rings. The normalized spacial score (nSPS) is 19.4. The molecular formula is C12H19N3O4S. The summed E-state index contributed by atoms with van der Waals surface area (Å²) in [5.41, 5.74) is -1.40. The molecule has 0 saturated heterocycles. The third-order valence-electron chi connectivity index (χ3n) is 3.69. The van der Waals surface area contributed by atoms with Crippen molar-refractivity contribution in [1.82, 2.24) is 14.5 Å². The third kappa shape index (κ3) is 3.01. The second kappa shape index (κ2) is 5.53. The zero-order chi connectivity index (χ0) is 14.8. The molecule has 1 aromatic rings. The predicted molar refractivity (Wildman–Crippen MR) is 71.6 cm³/mol. The van der Waals surface area contributed by atoms with Crippen molar-refractivity contribution in [3.05, 3.63) is 12.4 Å². The molecule has 1 saturated carbocycles. The van der Waals surface area contributed by atoms with Crippen molar-refractivity contribution in [2.75, 3.05) is 0 Å². The average molecular weight is 301 g/mol. The summed E-state index contributed by atoms with van der Waals surface area (Å²) in [7, 11) is -2.26. The fraction of sp³-hybridized carbons (Fsp3) is 0.667. The molecule has 0 unspecified atom stereocenters. The smallest absolute Gasteiger partial charge is 0.324 e. The van der Waals surface area contributed by atoms with Gasteiger partial charge in [0.15, 0.2) is 0 Å². The van der Waals surface area contributed by atoms with Gasteiger partial charge >= 0.3 is 5.97 Å². The molecule has 2 rings (SSSR count). The van der Waals surface area contributed by atoms with Crippen LogP contribution in [0.5, 0.6) is 0 Å². The topological polar surface area (TPSA) is 101 Å². The Hall–Kier alpha value is -1.41. The van der Waals surface area contributed by atoms with Crippen LogP contribution < -0.4 is 4.72 Å². The number of nitrogens with zero attached hydrogens (tertiary/aromatic N) is 2. The van der Waals surface area contributed by atoms with Crippen molar-refractivity contribution in [2.24, 2.45) is 7.05 Å². The molecule has 1 aromatic heterocycles. The zero-order valence-corrected chi connectivity index (χ0v) is 12.2. The van der Waals surface area contributed by atoms with E-state index in [9.17, 15) is 18.3 Å². The van der Waals surface area contributed by atoms with Gasteiger partial charge in [-0.2, -0.15) is 9.82 Å². The van der Waals surface area contributed by atoms with Gasteiger partial charge in [0.1, 0.15) is 10.4 Å². The Bertz CT molecular complexity index is 586. The quantitative estimate of drug-likeness (QED) is 0.804. The summed E-state index contributed by atoms with van der Waals surface area (Å²) in [6.07, 6.45) is 6.50. The van der Waals surface area contributed by atoms with E-state index in [1.165, 1.54) is 17.1 Å². The number of aromatic nitrogens is 2. The maximum atomic E-state index is 12.3. The van der Waals surface area contributed by atoms with Crippen molar-refractivity contribution >= 4 is 16.0 Å². The number of sulfonamides is 1. The first kappa shape index (κ1) is 15.0. The predicted octanol–water partition coefficient (Wildman–Crippen LogP) is 0.876. The molecule has 0 amide bonds. The van der Waals surface area contributed by atoms with E-state index in [1.807, 2.05) is 0 Å². The molecule has 8 heteroatoms. The molecule has 1 heterocycles. The second-order valence-electron chi connectivity index (χ2n) is 5.26. The molecule has 0 atom stereocenters. The highest BCUT2D eigenvalue weighted by Crippen LogP contribution is 2.29. The van der Waals surface area contributed by atoms with Gasteiger partial charge in [-0.15, -0.1) is 0 Å². The average Bonchev–Trinajstić information content (AvgIpc) is 2.67. The van der Waals surface area contributed by atoms with Gasteiger partial charge in [0.2, 0.25) is 10.0 Å². The number of carboxylic acid groups (broad SMARTS) is 1. The summed E-state index contributed by atoms with van der Waals surface area (Å²) >= 11 is 0. The number of nitrogens with one attached hydrogen (secondary N) is 1. The lowest BCUT2D eigenvalue weighted by Crippen LogP contribution is -2.54. The lowest BCUT2D eigenvalue weighted by atomic mass is 9.92. The highest BCUT2D eigenvalue weighted by atomic mass is 32.2. The fourth-order valence-corrected chi connectivity index (χ4v) is 3.95. The SMILES string of the molecule is Cn1cc(S(=O)(=O)NC2(C(=O)O)CCCCCC2)cn1. The Balaban J connectivity index is 2.30. The second-order valence-corrected chi connectivity index (χ2v) is 6.94. The van der Waals surface area contributed by atoms with Crippen molar-refractivity contribution < 1.29 is 18.3 Å². The van der Waals surface area contributed by atoms with Gasteiger partial charge in [0.25, 0.3) is 0 Å². The van der Waals surface area contributed by atoms with Gasteiger partial charge in [-0.05, 0) is 12.8 Å². The summed E-state index contributed by atoms with van der Waals surface area (Å²) in [5.74, 6) is -1.10. The maximum Gasteiger partial charge on any atom is 0.324 e. The van der Waals surface area contributed by atoms with Crippen molar-refractivity contribution in [1.29, 1.82) is 0 Å². The van der Waals surface area contributed by atoms with E-state index in [2.05, 4.69) is 9.82 Å². The Kier molecular flexibility index (Phi) is 4.14. The summed E-state index contributed by atoms with van der Waals surface area (Å²) in [5, 5.41) is 13.3. The van der Waals surface area contributed by atoms with Gasteiger partial charge in [-0.1, -0.05) is 25.7 Å². The van der Waals surface area contributed by atoms with Crippen LogP contribution in [0.15, 0.2) is 17.3 Å². The van der Waals surface area contributed by atoms with E-state index in [-0.39, 0.29) is 4.90 Å². The van der Waals surface area contributed by atoms with E-state index in [1.54, 1.807) is 7.05 Å². The standard InChI is InChI=1S/C12H19N3O4S/c1-15-9-10(8-13-15)20(18,19)14-12(11(16)17)6-4-2-3-5-7-12/h8-9,14H,2-7H2,1H3,(H,16,17). The molecule has 0 spiro atoms. The summed E-state index contributed by atoms with van der Waals surface area (Å²) < 4.78 is 28.4. The van der Waals surface area contributed by atoms with Crippen LogP contribution in [-0.4, -0.2) is 34.8 Å². The van der Waals surface area contributed by atoms with Crippen LogP contribution in [0.3, 0.4) is 0 Å². The fourth-order valence-electron chi connectivity index (χ4n) is 2.55. The van der Waals surface area contributed by atoms with E-state index in [0.29, 0.717) is 25.7 Å². The molecule has 20 heavy (non-hydrogen) atoms. The minimum absolute atomic E-state index is 0.00938. The molecule has 112 valence electrons. The number of aliphatic carboxylic acids is 1. The number of hydrogen-bond acceptors (Lipinski definition) is 4. The monoisotopic (exact) mass is 301 g/mol. The largest absolute Gasteiger partial charge is 0.480 e. The Labute approximate surface area is 118 Å². The van der Waals surface area contributed by atoms with Gasteiger partial charge in [-0.25, -0.2) is 8.42 Å². The van der Waals surface area contributed by atoms with Crippen LogP contribution in [0, 0.1) is 0 Å². The number of hydrogen-bond donors (Lipinski definition) is 2. The van der Waals surface area contributed by atoms with Crippen molar-refractivity contribution in [2.45, 2.75) is 49.0 Å². The first-order chi connectivity index (χ1) is 9.36. The van der Waals surface area contributed by atoms with Crippen molar-refractivity contribution in [3.63, 3.8) is 0 Å². The molecular weight excluding hydrogens is 282 g/mol. The molecule has 7 nitrogen and oxygen atoms in total. The first-order valence-corrected chi connectivity index (χ1v) is 8.10. The summed E-state index contributed by atoms with van der Waals surface area (Å²) in [6, 6.07) is 0. The summed E-state index contributed by atoms with van der Waals surface area (Å²) in [4.78, 5) is 11.6. The molecule has 0 bridgehead atoms. The zero-order valence-electron chi connectivity index (χ0n) is 11.4. The Morgan fingerprint density at radius 3 is 2.40 bits per heavy atom. The number of carboxylic acids is 1. The van der Waals surface area contributed by atoms with Crippen LogP contribution in [0.1, 0.15) is 38.5 Å². The highest BCUT2D eigenvalue weighted by Gasteiger charge is 2.42. The lowest BCUT2D eigenvalue weighted by Gasteiger charge is -2.28. The minimum Gasteiger partial charge on any atom is -0.480 e. The third-order valence-corrected chi connectivity index (χ3v) is 5.18. The van der Waals surface area contributed by atoms with Gasteiger partial charge in [0, 0.05) is 13.2 Å². The number of aryl methyl sites for hydroxylation is 1. The highest BCUT2D eigenvalue weighted by molar-refractivity contribution is 7.89. The van der Waals surface area contributed by atoms with Crippen LogP contribution in [0.4, 0.5) is 0 Å². The number of rotatable bonds is 4. The molecule has 1 fully saturated rings. The van der Waals surface area contributed by atoms with E-state index >= 15 is 0 Å².